The summed E-state index contributed by atoms with van der Waals surface area (Å²) in [7, 11) is 0. The highest BCUT2D eigenvalue weighted by atomic mass is 35.5. The van der Waals surface area contributed by atoms with Crippen molar-refractivity contribution < 1.29 is 0 Å². The number of fused-ring (bicyclic) bond motifs is 1. The van der Waals surface area contributed by atoms with Crippen LogP contribution >= 0.6 is 11.6 Å². The lowest BCUT2D eigenvalue weighted by Gasteiger charge is -2.12. The van der Waals surface area contributed by atoms with E-state index < -0.39 is 0 Å². The quantitative estimate of drug-likeness (QED) is 0.730. The molecule has 3 rings (SSSR count). The molecule has 0 aliphatic heterocycles. The average molecular weight is 272 g/mol. The molecule has 0 saturated heterocycles. The molecule has 1 heterocycles. The van der Waals surface area contributed by atoms with E-state index in [0.29, 0.717) is 11.0 Å². The average Bonchev–Trinajstić information content (AvgIpc) is 2.66. The van der Waals surface area contributed by atoms with E-state index in [-0.39, 0.29) is 0 Å². The van der Waals surface area contributed by atoms with Gasteiger partial charge >= 0.3 is 0 Å². The Morgan fingerprint density at radius 3 is 2.68 bits per heavy atom. The normalized spacial score (nSPS) is 11.1. The standard InChI is InChI=1S/C15H14ClN3/c1-9-6-7-12-13(8-9)19(15(17)18-12)14-10(2)4-3-5-11(14)16/h3-8H,1-2H3,(H2,17,18). The summed E-state index contributed by atoms with van der Waals surface area (Å²) in [6.45, 7) is 4.06. The number of halogens is 1. The van der Waals surface area contributed by atoms with Crippen molar-refractivity contribution >= 4 is 28.6 Å². The molecule has 0 radical (unpaired) electrons. The highest BCUT2D eigenvalue weighted by molar-refractivity contribution is 6.32. The Morgan fingerprint density at radius 2 is 1.95 bits per heavy atom. The number of aryl methyl sites for hydroxylation is 2. The minimum absolute atomic E-state index is 0.455. The van der Waals surface area contributed by atoms with Gasteiger partial charge in [-0.2, -0.15) is 0 Å². The first-order valence-electron chi connectivity index (χ1n) is 6.08. The summed E-state index contributed by atoms with van der Waals surface area (Å²) in [5, 5.41) is 0.674. The predicted octanol–water partition coefficient (Wildman–Crippen LogP) is 3.88. The third kappa shape index (κ3) is 1.87. The van der Waals surface area contributed by atoms with E-state index >= 15 is 0 Å². The summed E-state index contributed by atoms with van der Waals surface area (Å²) in [5.41, 5.74) is 11.1. The molecule has 96 valence electrons. The Balaban J connectivity index is 2.42. The zero-order valence-corrected chi connectivity index (χ0v) is 11.6. The van der Waals surface area contributed by atoms with Gasteiger partial charge in [-0.25, -0.2) is 4.98 Å². The Labute approximate surface area is 116 Å². The molecule has 3 nitrogen and oxygen atoms in total. The van der Waals surface area contributed by atoms with Gasteiger partial charge in [0.05, 0.1) is 21.7 Å². The van der Waals surface area contributed by atoms with Crippen LogP contribution < -0.4 is 5.73 Å². The summed E-state index contributed by atoms with van der Waals surface area (Å²) in [5.74, 6) is 0.455. The molecule has 0 bridgehead atoms. The number of rotatable bonds is 1. The maximum absolute atomic E-state index is 6.33. The van der Waals surface area contributed by atoms with Crippen molar-refractivity contribution in [3.63, 3.8) is 0 Å². The third-order valence-corrected chi connectivity index (χ3v) is 3.55. The molecule has 0 fully saturated rings. The second-order valence-corrected chi connectivity index (χ2v) is 5.11. The highest BCUT2D eigenvalue weighted by Gasteiger charge is 2.14. The van der Waals surface area contributed by atoms with E-state index in [2.05, 4.69) is 11.1 Å². The van der Waals surface area contributed by atoms with Gasteiger partial charge in [0.1, 0.15) is 0 Å². The number of hydrogen-bond donors (Lipinski definition) is 1. The second kappa shape index (κ2) is 4.28. The molecule has 19 heavy (non-hydrogen) atoms. The predicted molar refractivity (Wildman–Crippen MR) is 80.0 cm³/mol. The fourth-order valence-electron chi connectivity index (χ4n) is 2.35. The van der Waals surface area contributed by atoms with Crippen LogP contribution in [-0.2, 0) is 0 Å². The number of imidazole rings is 1. The van der Waals surface area contributed by atoms with Gasteiger partial charge < -0.3 is 5.73 Å². The van der Waals surface area contributed by atoms with Crippen LogP contribution in [0, 0.1) is 13.8 Å². The Hall–Kier alpha value is -2.00. The lowest BCUT2D eigenvalue weighted by Crippen LogP contribution is -2.03. The van der Waals surface area contributed by atoms with Crippen LogP contribution in [0.5, 0.6) is 0 Å². The van der Waals surface area contributed by atoms with Crippen molar-refractivity contribution in [2.24, 2.45) is 0 Å². The van der Waals surface area contributed by atoms with Crippen molar-refractivity contribution in [2.45, 2.75) is 13.8 Å². The van der Waals surface area contributed by atoms with Gasteiger partial charge in [0, 0.05) is 0 Å². The molecule has 0 atom stereocenters. The van der Waals surface area contributed by atoms with Crippen molar-refractivity contribution in [1.29, 1.82) is 0 Å². The van der Waals surface area contributed by atoms with Gasteiger partial charge in [0.15, 0.2) is 0 Å². The molecule has 0 aliphatic carbocycles. The van der Waals surface area contributed by atoms with E-state index in [1.807, 2.05) is 48.7 Å². The van der Waals surface area contributed by atoms with E-state index in [9.17, 15) is 0 Å². The smallest absolute Gasteiger partial charge is 0.205 e. The molecule has 0 saturated carbocycles. The fraction of sp³-hybridized carbons (Fsp3) is 0.133. The molecule has 0 amide bonds. The maximum Gasteiger partial charge on any atom is 0.205 e. The summed E-state index contributed by atoms with van der Waals surface area (Å²) < 4.78 is 1.92. The Morgan fingerprint density at radius 1 is 1.16 bits per heavy atom. The largest absolute Gasteiger partial charge is 0.369 e. The SMILES string of the molecule is Cc1ccc2nc(N)n(-c3c(C)cccc3Cl)c2c1. The molecule has 4 heteroatoms. The van der Waals surface area contributed by atoms with E-state index in [1.54, 1.807) is 0 Å². The number of nitrogens with zero attached hydrogens (tertiary/aromatic N) is 2. The van der Waals surface area contributed by atoms with E-state index in [1.165, 1.54) is 5.56 Å². The summed E-state index contributed by atoms with van der Waals surface area (Å²) in [4.78, 5) is 4.39. The number of para-hydroxylation sites is 1. The van der Waals surface area contributed by atoms with E-state index in [0.717, 1.165) is 22.3 Å². The minimum Gasteiger partial charge on any atom is -0.369 e. The van der Waals surface area contributed by atoms with Crippen LogP contribution in [0.1, 0.15) is 11.1 Å². The Kier molecular flexibility index (Phi) is 2.72. The first-order valence-corrected chi connectivity index (χ1v) is 6.46. The number of nitrogen functional groups attached to an aromatic ring is 1. The van der Waals surface area contributed by atoms with Crippen LogP contribution in [-0.4, -0.2) is 9.55 Å². The van der Waals surface area contributed by atoms with Gasteiger partial charge in [-0.15, -0.1) is 0 Å². The molecular formula is C15H14ClN3. The lowest BCUT2D eigenvalue weighted by atomic mass is 10.2. The molecule has 1 aromatic heterocycles. The molecule has 0 spiro atoms. The lowest BCUT2D eigenvalue weighted by molar-refractivity contribution is 1.09. The number of nitrogens with two attached hydrogens (primary N) is 1. The van der Waals surface area contributed by atoms with Crippen molar-refractivity contribution in [2.75, 3.05) is 5.73 Å². The first kappa shape index (κ1) is 12.1. The topological polar surface area (TPSA) is 43.8 Å². The summed E-state index contributed by atoms with van der Waals surface area (Å²) in [6, 6.07) is 11.9. The summed E-state index contributed by atoms with van der Waals surface area (Å²) >= 11 is 6.33. The zero-order valence-electron chi connectivity index (χ0n) is 10.8. The third-order valence-electron chi connectivity index (χ3n) is 3.25. The van der Waals surface area contributed by atoms with Gasteiger partial charge in [-0.05, 0) is 43.2 Å². The molecule has 3 aromatic rings. The minimum atomic E-state index is 0.455. The number of anilines is 1. The van der Waals surface area contributed by atoms with Crippen molar-refractivity contribution in [3.05, 3.63) is 52.5 Å². The molecule has 0 aliphatic rings. The van der Waals surface area contributed by atoms with E-state index in [4.69, 9.17) is 17.3 Å². The second-order valence-electron chi connectivity index (χ2n) is 4.70. The van der Waals surface area contributed by atoms with Crippen molar-refractivity contribution in [1.82, 2.24) is 9.55 Å². The monoisotopic (exact) mass is 271 g/mol. The van der Waals surface area contributed by atoms with Gasteiger partial charge in [0.2, 0.25) is 5.95 Å². The Bertz CT molecular complexity index is 754. The van der Waals surface area contributed by atoms with Crippen molar-refractivity contribution in [3.8, 4) is 5.69 Å². The molecule has 2 aromatic carbocycles. The van der Waals surface area contributed by atoms with Crippen LogP contribution in [0.4, 0.5) is 5.95 Å². The molecule has 0 unspecified atom stereocenters. The van der Waals surface area contributed by atoms with Crippen LogP contribution in [0.25, 0.3) is 16.7 Å². The summed E-state index contributed by atoms with van der Waals surface area (Å²) in [6.07, 6.45) is 0. The van der Waals surface area contributed by atoms with Gasteiger partial charge in [-0.3, -0.25) is 4.57 Å². The number of hydrogen-bond acceptors (Lipinski definition) is 2. The van der Waals surface area contributed by atoms with Crippen LogP contribution in [0.2, 0.25) is 5.02 Å². The number of aromatic nitrogens is 2. The van der Waals surface area contributed by atoms with Crippen LogP contribution in [0.15, 0.2) is 36.4 Å². The zero-order chi connectivity index (χ0) is 13.6. The first-order chi connectivity index (χ1) is 9.08. The molecular weight excluding hydrogens is 258 g/mol. The fourth-order valence-corrected chi connectivity index (χ4v) is 2.65. The number of benzene rings is 2. The van der Waals surface area contributed by atoms with Crippen LogP contribution in [0.3, 0.4) is 0 Å². The highest BCUT2D eigenvalue weighted by Crippen LogP contribution is 2.30. The van der Waals surface area contributed by atoms with Gasteiger partial charge in [-0.1, -0.05) is 29.8 Å². The molecule has 2 N–H and O–H groups in total. The van der Waals surface area contributed by atoms with Gasteiger partial charge in [0.25, 0.3) is 0 Å². The maximum atomic E-state index is 6.33.